The lowest BCUT2D eigenvalue weighted by Gasteiger charge is -2.14. The van der Waals surface area contributed by atoms with Crippen molar-refractivity contribution < 1.29 is 8.78 Å². The monoisotopic (exact) mass is 250 g/mol. The third-order valence-electron chi connectivity index (χ3n) is 1.61. The summed E-state index contributed by atoms with van der Waals surface area (Å²) in [6, 6.07) is 2.83. The second kappa shape index (κ2) is 4.11. The average Bonchev–Trinajstić information content (AvgIpc) is 2.05. The molecule has 0 aliphatic carbocycles. The molecular weight excluding hydrogens is 242 g/mol. The average molecular weight is 251 g/mol. The van der Waals surface area contributed by atoms with Crippen LogP contribution in [0.4, 0.5) is 8.78 Å². The number of rotatable bonds is 3. The Morgan fingerprint density at radius 2 is 2.15 bits per heavy atom. The second-order valence-corrected chi connectivity index (χ2v) is 3.43. The fourth-order valence-electron chi connectivity index (χ4n) is 0.918. The molecule has 0 bridgehead atoms. The van der Waals surface area contributed by atoms with Crippen LogP contribution in [0.5, 0.6) is 0 Å². The van der Waals surface area contributed by atoms with Crippen molar-refractivity contribution in [3.8, 4) is 0 Å². The van der Waals surface area contributed by atoms with E-state index in [4.69, 9.17) is 5.73 Å². The normalized spacial score (nSPS) is 11.7. The van der Waals surface area contributed by atoms with E-state index in [0.717, 1.165) is 6.20 Å². The van der Waals surface area contributed by atoms with Crippen LogP contribution >= 0.6 is 15.9 Å². The predicted molar refractivity (Wildman–Crippen MR) is 49.5 cm³/mol. The van der Waals surface area contributed by atoms with E-state index >= 15 is 0 Å². The zero-order valence-corrected chi connectivity index (χ0v) is 8.39. The number of halogens is 3. The first-order valence-corrected chi connectivity index (χ1v) is 4.55. The summed E-state index contributed by atoms with van der Waals surface area (Å²) in [5, 5.41) is 0. The van der Waals surface area contributed by atoms with E-state index in [2.05, 4.69) is 20.9 Å². The lowest BCUT2D eigenvalue weighted by Crippen LogP contribution is -2.18. The summed E-state index contributed by atoms with van der Waals surface area (Å²) >= 11 is 3.07. The molecule has 1 heterocycles. The van der Waals surface area contributed by atoms with Gasteiger partial charge in [-0.15, -0.1) is 0 Å². The summed E-state index contributed by atoms with van der Waals surface area (Å²) < 4.78 is 26.8. The van der Waals surface area contributed by atoms with Crippen molar-refractivity contribution in [1.29, 1.82) is 0 Å². The number of nitrogens with two attached hydrogens (primary N) is 1. The van der Waals surface area contributed by atoms with Gasteiger partial charge in [0.25, 0.3) is 5.92 Å². The first-order valence-electron chi connectivity index (χ1n) is 3.76. The lowest BCUT2D eigenvalue weighted by atomic mass is 10.1. The lowest BCUT2D eigenvalue weighted by molar-refractivity contribution is -0.0110. The van der Waals surface area contributed by atoms with Crippen molar-refractivity contribution in [2.24, 2.45) is 5.73 Å². The van der Waals surface area contributed by atoms with E-state index in [9.17, 15) is 8.78 Å². The van der Waals surface area contributed by atoms with Crippen molar-refractivity contribution in [2.75, 3.05) is 6.54 Å². The van der Waals surface area contributed by atoms with Crippen LogP contribution in [0.15, 0.2) is 22.9 Å². The first kappa shape index (κ1) is 10.5. The molecule has 5 heteroatoms. The van der Waals surface area contributed by atoms with Crippen molar-refractivity contribution in [3.05, 3.63) is 28.5 Å². The summed E-state index contributed by atoms with van der Waals surface area (Å²) in [6.07, 6.45) is 0.802. The van der Waals surface area contributed by atoms with E-state index in [1.54, 1.807) is 0 Å². The molecule has 1 rings (SSSR count). The molecular formula is C8H9BrF2N2. The zero-order chi connectivity index (χ0) is 9.90. The van der Waals surface area contributed by atoms with E-state index < -0.39 is 5.92 Å². The van der Waals surface area contributed by atoms with Crippen molar-refractivity contribution in [1.82, 2.24) is 4.98 Å². The van der Waals surface area contributed by atoms with Crippen LogP contribution in [0, 0.1) is 0 Å². The Balaban J connectivity index is 2.87. The van der Waals surface area contributed by atoms with E-state index in [-0.39, 0.29) is 18.5 Å². The van der Waals surface area contributed by atoms with Gasteiger partial charge in [0, 0.05) is 18.2 Å². The summed E-state index contributed by atoms with van der Waals surface area (Å²) in [5.41, 5.74) is 4.98. The Kier molecular flexibility index (Phi) is 3.33. The zero-order valence-electron chi connectivity index (χ0n) is 6.80. The molecule has 0 spiro atoms. The quantitative estimate of drug-likeness (QED) is 0.837. The molecule has 2 nitrogen and oxygen atoms in total. The highest BCUT2D eigenvalue weighted by atomic mass is 79.9. The van der Waals surface area contributed by atoms with E-state index in [0.29, 0.717) is 4.60 Å². The van der Waals surface area contributed by atoms with Gasteiger partial charge < -0.3 is 5.73 Å². The maximum atomic E-state index is 13.2. The summed E-state index contributed by atoms with van der Waals surface area (Å²) in [4.78, 5) is 3.72. The number of alkyl halides is 2. The minimum absolute atomic E-state index is 0.0386. The van der Waals surface area contributed by atoms with Gasteiger partial charge in [-0.2, -0.15) is 0 Å². The Bertz CT molecular complexity index is 274. The van der Waals surface area contributed by atoms with Gasteiger partial charge in [0.2, 0.25) is 0 Å². The molecule has 2 N–H and O–H groups in total. The maximum absolute atomic E-state index is 13.2. The molecule has 1 aromatic rings. The third kappa shape index (κ3) is 2.70. The molecule has 0 amide bonds. The molecule has 0 saturated heterocycles. The molecule has 13 heavy (non-hydrogen) atoms. The van der Waals surface area contributed by atoms with Crippen LogP contribution in [-0.4, -0.2) is 11.5 Å². The maximum Gasteiger partial charge on any atom is 0.275 e. The highest BCUT2D eigenvalue weighted by Gasteiger charge is 2.30. The molecule has 0 aromatic carbocycles. The minimum atomic E-state index is -2.87. The number of aromatic nitrogens is 1. The summed E-state index contributed by atoms with van der Waals surface area (Å²) in [7, 11) is 0. The van der Waals surface area contributed by atoms with Crippen LogP contribution in [0.2, 0.25) is 0 Å². The number of hydrogen-bond acceptors (Lipinski definition) is 2. The van der Waals surface area contributed by atoms with Crippen LogP contribution in [-0.2, 0) is 5.92 Å². The Hall–Kier alpha value is -0.550. The van der Waals surface area contributed by atoms with Crippen LogP contribution in [0.25, 0.3) is 0 Å². The van der Waals surface area contributed by atoms with Gasteiger partial charge in [0.05, 0.1) is 0 Å². The molecule has 72 valence electrons. The van der Waals surface area contributed by atoms with Crippen LogP contribution in [0.1, 0.15) is 12.0 Å². The topological polar surface area (TPSA) is 38.9 Å². The van der Waals surface area contributed by atoms with Gasteiger partial charge in [-0.3, -0.25) is 0 Å². The molecule has 0 unspecified atom stereocenters. The predicted octanol–water partition coefficient (Wildman–Crippen LogP) is 2.28. The van der Waals surface area contributed by atoms with Crippen molar-refractivity contribution >= 4 is 15.9 Å². The fraction of sp³-hybridized carbons (Fsp3) is 0.375. The van der Waals surface area contributed by atoms with Gasteiger partial charge in [0.15, 0.2) is 0 Å². The van der Waals surface area contributed by atoms with Crippen molar-refractivity contribution in [3.63, 3.8) is 0 Å². The van der Waals surface area contributed by atoms with E-state index in [1.807, 2.05) is 0 Å². The molecule has 0 saturated carbocycles. The first-order chi connectivity index (χ1) is 6.06. The van der Waals surface area contributed by atoms with Gasteiger partial charge in [0.1, 0.15) is 4.60 Å². The SMILES string of the molecule is NCCC(F)(F)c1ccc(Br)nc1. The van der Waals surface area contributed by atoms with Gasteiger partial charge >= 0.3 is 0 Å². The summed E-state index contributed by atoms with van der Waals surface area (Å²) in [5.74, 6) is -2.87. The number of nitrogens with zero attached hydrogens (tertiary/aromatic N) is 1. The Morgan fingerprint density at radius 3 is 2.62 bits per heavy atom. The minimum Gasteiger partial charge on any atom is -0.330 e. The Morgan fingerprint density at radius 1 is 1.46 bits per heavy atom. The third-order valence-corrected chi connectivity index (χ3v) is 2.08. The van der Waals surface area contributed by atoms with Crippen LogP contribution < -0.4 is 5.73 Å². The highest BCUT2D eigenvalue weighted by molar-refractivity contribution is 9.10. The second-order valence-electron chi connectivity index (χ2n) is 2.61. The molecule has 0 radical (unpaired) electrons. The Labute approximate surface area is 83.3 Å². The largest absolute Gasteiger partial charge is 0.330 e. The van der Waals surface area contributed by atoms with Gasteiger partial charge in [-0.05, 0) is 34.6 Å². The number of hydrogen-bond donors (Lipinski definition) is 1. The van der Waals surface area contributed by atoms with Gasteiger partial charge in [-0.25, -0.2) is 13.8 Å². The van der Waals surface area contributed by atoms with E-state index in [1.165, 1.54) is 12.1 Å². The molecule has 1 aromatic heterocycles. The highest BCUT2D eigenvalue weighted by Crippen LogP contribution is 2.30. The smallest absolute Gasteiger partial charge is 0.275 e. The number of pyridine rings is 1. The van der Waals surface area contributed by atoms with Crippen LogP contribution in [0.3, 0.4) is 0 Å². The fourth-order valence-corrected chi connectivity index (χ4v) is 1.15. The molecule has 0 atom stereocenters. The summed E-state index contributed by atoms with van der Waals surface area (Å²) in [6.45, 7) is -0.0386. The van der Waals surface area contributed by atoms with Crippen molar-refractivity contribution in [2.45, 2.75) is 12.3 Å². The standard InChI is InChI=1S/C8H9BrF2N2/c9-7-2-1-6(5-13-7)8(10,11)3-4-12/h1-2,5H,3-4,12H2. The molecule has 0 aliphatic heterocycles. The van der Waals surface area contributed by atoms with Gasteiger partial charge in [-0.1, -0.05) is 0 Å². The molecule has 0 aliphatic rings. The molecule has 0 fully saturated rings.